The van der Waals surface area contributed by atoms with Crippen molar-refractivity contribution in [3.8, 4) is 22.6 Å². The summed E-state index contributed by atoms with van der Waals surface area (Å²) in [5, 5.41) is 2.53. The number of hydrogen-bond acceptors (Lipinski definition) is 1. The molecule has 2 unspecified atom stereocenters. The predicted octanol–water partition coefficient (Wildman–Crippen LogP) is 13.0. The summed E-state index contributed by atoms with van der Waals surface area (Å²) in [6, 6.07) is 39.2. The van der Waals surface area contributed by atoms with Gasteiger partial charge in [-0.25, -0.2) is 0 Å². The van der Waals surface area contributed by atoms with Gasteiger partial charge in [0.05, 0.1) is 0 Å². The standard InChI is InChI=1S/C50H35O/c1-2-19-41(20-3-1)51-42-29-27-36(28-30-42)46-32-40-12-5-7-22-44(40)50(48(46)38-17-10-18-38)49-43-21-6-4-11-39(43)31-45(47(49)37-15-9-16-37)35-25-23-34(24-26-35)33-13-8-14-33/h1-20,22-33,43H,21H2. The van der Waals surface area contributed by atoms with Crippen LogP contribution in [0.25, 0.3) is 38.6 Å². The molecule has 51 heavy (non-hydrogen) atoms. The summed E-state index contributed by atoms with van der Waals surface area (Å²) >= 11 is 0. The van der Waals surface area contributed by atoms with Crippen LogP contribution in [0.5, 0.6) is 11.5 Å². The second kappa shape index (κ2) is 12.3. The molecule has 0 heterocycles. The van der Waals surface area contributed by atoms with E-state index in [1.54, 1.807) is 0 Å². The van der Waals surface area contributed by atoms with Gasteiger partial charge in [0.1, 0.15) is 11.5 Å². The largest absolute Gasteiger partial charge is 0.457 e. The molecule has 1 heteroatoms. The van der Waals surface area contributed by atoms with Gasteiger partial charge in [-0.05, 0) is 127 Å². The van der Waals surface area contributed by atoms with E-state index in [4.69, 9.17) is 4.74 Å². The molecule has 0 bridgehead atoms. The van der Waals surface area contributed by atoms with Crippen LogP contribution in [0.3, 0.4) is 0 Å². The highest BCUT2D eigenvalue weighted by Gasteiger charge is 2.35. The van der Waals surface area contributed by atoms with Crippen LogP contribution in [0.2, 0.25) is 0 Å². The fraction of sp³-hybridized carbons (Fsp3) is 0.0600. The zero-order valence-electron chi connectivity index (χ0n) is 28.2. The molecule has 0 aromatic heterocycles. The van der Waals surface area contributed by atoms with Crippen molar-refractivity contribution in [1.82, 2.24) is 0 Å². The van der Waals surface area contributed by atoms with E-state index in [0.29, 0.717) is 5.92 Å². The molecule has 1 nitrogen and oxygen atoms in total. The highest BCUT2D eigenvalue weighted by atomic mass is 16.5. The average molecular weight is 652 g/mol. The molecule has 5 aliphatic carbocycles. The van der Waals surface area contributed by atoms with E-state index in [0.717, 1.165) is 17.9 Å². The summed E-state index contributed by atoms with van der Waals surface area (Å²) < 4.78 is 6.20. The Morgan fingerprint density at radius 2 is 1.31 bits per heavy atom. The van der Waals surface area contributed by atoms with E-state index in [9.17, 15) is 0 Å². The summed E-state index contributed by atoms with van der Waals surface area (Å²) in [6.45, 7) is 0. The van der Waals surface area contributed by atoms with Crippen LogP contribution in [0.15, 0.2) is 199 Å². The lowest BCUT2D eigenvalue weighted by molar-refractivity contribution is 0.483. The van der Waals surface area contributed by atoms with Crippen molar-refractivity contribution in [2.24, 2.45) is 5.92 Å². The first-order valence-corrected chi connectivity index (χ1v) is 17.9. The van der Waals surface area contributed by atoms with Gasteiger partial charge in [0.2, 0.25) is 0 Å². The fourth-order valence-electron chi connectivity index (χ4n) is 8.00. The molecule has 0 aliphatic heterocycles. The second-order valence-corrected chi connectivity index (χ2v) is 13.8. The summed E-state index contributed by atoms with van der Waals surface area (Å²) in [7, 11) is 0. The van der Waals surface area contributed by atoms with E-state index in [-0.39, 0.29) is 5.92 Å². The molecule has 0 amide bonds. The van der Waals surface area contributed by atoms with Crippen molar-refractivity contribution >= 4 is 27.5 Å². The molecule has 5 aromatic carbocycles. The Kier molecular flexibility index (Phi) is 7.17. The normalized spacial score (nSPS) is 19.7. The monoisotopic (exact) mass is 651 g/mol. The molecular weight excluding hydrogens is 617 g/mol. The molecule has 5 aliphatic rings. The topological polar surface area (TPSA) is 9.23 Å². The molecule has 5 aromatic rings. The summed E-state index contributed by atoms with van der Waals surface area (Å²) in [5.41, 5.74) is 15.6. The fourth-order valence-corrected chi connectivity index (χ4v) is 8.00. The van der Waals surface area contributed by atoms with Gasteiger partial charge in [-0.15, -0.1) is 0 Å². The lowest BCUT2D eigenvalue weighted by atomic mass is 9.67. The minimum Gasteiger partial charge on any atom is -0.457 e. The van der Waals surface area contributed by atoms with Crippen molar-refractivity contribution in [3.63, 3.8) is 0 Å². The molecule has 0 N–H and O–H groups in total. The Bertz CT molecular complexity index is 2500. The molecule has 0 saturated heterocycles. The average Bonchev–Trinajstić information content (AvgIpc) is 3.10. The minimum absolute atomic E-state index is 0.237. The maximum absolute atomic E-state index is 6.20. The van der Waals surface area contributed by atoms with Gasteiger partial charge in [0, 0.05) is 11.8 Å². The van der Waals surface area contributed by atoms with Gasteiger partial charge in [-0.2, -0.15) is 0 Å². The van der Waals surface area contributed by atoms with Crippen LogP contribution in [0.1, 0.15) is 34.6 Å². The Morgan fingerprint density at radius 3 is 2.02 bits per heavy atom. The van der Waals surface area contributed by atoms with E-state index in [2.05, 4.69) is 158 Å². The third-order valence-corrected chi connectivity index (χ3v) is 10.8. The Labute approximate surface area is 299 Å². The van der Waals surface area contributed by atoms with E-state index < -0.39 is 0 Å². The number of rotatable bonds is 8. The maximum Gasteiger partial charge on any atom is 0.127 e. The first-order chi connectivity index (χ1) is 25.3. The van der Waals surface area contributed by atoms with Crippen LogP contribution < -0.4 is 4.74 Å². The molecule has 241 valence electrons. The quantitative estimate of drug-likeness (QED) is 0.162. The SMILES string of the molecule is [CH]1C=CC1c1ccc(C2=CC3=CC=CCC3C(c3c(C4=CC=C4)c(-c4ccc(Oc5ccccc5)cc4)cc4ccccc34)=C2C2=CC=C2)cc1. The van der Waals surface area contributed by atoms with Crippen molar-refractivity contribution in [2.45, 2.75) is 12.3 Å². The van der Waals surface area contributed by atoms with E-state index >= 15 is 0 Å². The lowest BCUT2D eigenvalue weighted by Gasteiger charge is -2.36. The molecule has 0 spiro atoms. The zero-order valence-corrected chi connectivity index (χ0v) is 28.2. The number of fused-ring (bicyclic) bond motifs is 2. The van der Waals surface area contributed by atoms with Gasteiger partial charge < -0.3 is 4.74 Å². The first kappa shape index (κ1) is 29.7. The number of ether oxygens (including phenoxy) is 1. The first-order valence-electron chi connectivity index (χ1n) is 17.9. The number of allylic oxidation sites excluding steroid dienone is 18. The third kappa shape index (κ3) is 5.16. The van der Waals surface area contributed by atoms with E-state index in [1.165, 1.54) is 77.6 Å². The van der Waals surface area contributed by atoms with Crippen LogP contribution >= 0.6 is 0 Å². The van der Waals surface area contributed by atoms with Gasteiger partial charge in [0.15, 0.2) is 0 Å². The van der Waals surface area contributed by atoms with Crippen molar-refractivity contribution < 1.29 is 4.74 Å². The van der Waals surface area contributed by atoms with Crippen molar-refractivity contribution in [1.29, 1.82) is 0 Å². The maximum atomic E-state index is 6.20. The van der Waals surface area contributed by atoms with Crippen LogP contribution in [0.4, 0.5) is 0 Å². The van der Waals surface area contributed by atoms with Crippen LogP contribution in [-0.2, 0) is 0 Å². The number of hydrogen-bond donors (Lipinski definition) is 0. The lowest BCUT2D eigenvalue weighted by Crippen LogP contribution is -2.18. The minimum atomic E-state index is 0.237. The molecule has 0 saturated carbocycles. The number of para-hydroxylation sites is 1. The van der Waals surface area contributed by atoms with Gasteiger partial charge in [0.25, 0.3) is 0 Å². The number of benzene rings is 5. The van der Waals surface area contributed by atoms with Gasteiger partial charge in [-0.1, -0.05) is 146 Å². The summed E-state index contributed by atoms with van der Waals surface area (Å²) in [4.78, 5) is 0. The Morgan fingerprint density at radius 1 is 0.608 bits per heavy atom. The highest BCUT2D eigenvalue weighted by molar-refractivity contribution is 6.11. The highest BCUT2D eigenvalue weighted by Crippen LogP contribution is 2.54. The molecule has 2 atom stereocenters. The zero-order chi connectivity index (χ0) is 33.7. The Balaban J connectivity index is 1.21. The third-order valence-electron chi connectivity index (χ3n) is 10.8. The van der Waals surface area contributed by atoms with E-state index in [1.807, 2.05) is 30.3 Å². The van der Waals surface area contributed by atoms with Gasteiger partial charge in [-0.3, -0.25) is 0 Å². The van der Waals surface area contributed by atoms with Crippen molar-refractivity contribution in [2.75, 3.05) is 0 Å². The molecule has 0 fully saturated rings. The molecule has 1 radical (unpaired) electrons. The summed E-state index contributed by atoms with van der Waals surface area (Å²) in [6.07, 6.45) is 30.5. The summed E-state index contributed by atoms with van der Waals surface area (Å²) in [5.74, 6) is 2.31. The Hall–Kier alpha value is -6.18. The molecule has 10 rings (SSSR count). The smallest absolute Gasteiger partial charge is 0.127 e. The van der Waals surface area contributed by atoms with Crippen LogP contribution in [-0.4, -0.2) is 0 Å². The second-order valence-electron chi connectivity index (χ2n) is 13.8. The van der Waals surface area contributed by atoms with Crippen molar-refractivity contribution in [3.05, 3.63) is 228 Å². The predicted molar refractivity (Wildman–Crippen MR) is 213 cm³/mol. The van der Waals surface area contributed by atoms with Crippen LogP contribution in [0, 0.1) is 12.3 Å². The van der Waals surface area contributed by atoms with Gasteiger partial charge >= 0.3 is 0 Å². The molecular formula is C50H35O.